The predicted molar refractivity (Wildman–Crippen MR) is 67.2 cm³/mol. The summed E-state index contributed by atoms with van der Waals surface area (Å²) in [6, 6.07) is 5.22. The largest absolute Gasteiger partial charge is 0.359 e. The Labute approximate surface area is 105 Å². The quantitative estimate of drug-likeness (QED) is 0.856. The van der Waals surface area contributed by atoms with Gasteiger partial charge in [0, 0.05) is 20.0 Å². The number of hydrogen-bond donors (Lipinski definition) is 2. The first-order valence-electron chi connectivity index (χ1n) is 5.29. The van der Waals surface area contributed by atoms with Crippen LogP contribution < -0.4 is 10.6 Å². The van der Waals surface area contributed by atoms with E-state index in [1.165, 1.54) is 0 Å². The van der Waals surface area contributed by atoms with Crippen LogP contribution in [0, 0.1) is 6.92 Å². The summed E-state index contributed by atoms with van der Waals surface area (Å²) in [5.74, 6) is -0.376. The number of rotatable bonds is 4. The number of carbonyl (C=O) groups excluding carboxylic acids is 2. The van der Waals surface area contributed by atoms with Crippen molar-refractivity contribution in [2.24, 2.45) is 0 Å². The van der Waals surface area contributed by atoms with Gasteiger partial charge in [-0.1, -0.05) is 17.7 Å². The molecule has 0 spiro atoms. The summed E-state index contributed by atoms with van der Waals surface area (Å²) < 4.78 is 0. The second-order valence-electron chi connectivity index (χ2n) is 3.66. The SMILES string of the molecule is CNC(=O)CCNC(=O)c1ccc(C)cc1Cl. The van der Waals surface area contributed by atoms with Gasteiger partial charge in [-0.2, -0.15) is 0 Å². The van der Waals surface area contributed by atoms with E-state index in [4.69, 9.17) is 11.6 Å². The van der Waals surface area contributed by atoms with Gasteiger partial charge >= 0.3 is 0 Å². The van der Waals surface area contributed by atoms with E-state index in [1.54, 1.807) is 19.2 Å². The van der Waals surface area contributed by atoms with Gasteiger partial charge in [-0.25, -0.2) is 0 Å². The van der Waals surface area contributed by atoms with E-state index in [2.05, 4.69) is 10.6 Å². The molecule has 0 aliphatic heterocycles. The molecule has 0 bridgehead atoms. The van der Waals surface area contributed by atoms with Crippen LogP contribution in [0.25, 0.3) is 0 Å². The zero-order chi connectivity index (χ0) is 12.8. The maximum atomic E-state index is 11.7. The van der Waals surface area contributed by atoms with Crippen molar-refractivity contribution in [3.63, 3.8) is 0 Å². The normalized spacial score (nSPS) is 9.82. The summed E-state index contributed by atoms with van der Waals surface area (Å²) >= 11 is 5.95. The van der Waals surface area contributed by atoms with Gasteiger partial charge in [0.15, 0.2) is 0 Å². The van der Waals surface area contributed by atoms with E-state index >= 15 is 0 Å². The van der Waals surface area contributed by atoms with Crippen LogP contribution in [0.15, 0.2) is 18.2 Å². The predicted octanol–water partition coefficient (Wildman–Crippen LogP) is 1.51. The molecular formula is C12H15ClN2O2. The van der Waals surface area contributed by atoms with Gasteiger partial charge in [0.1, 0.15) is 0 Å². The summed E-state index contributed by atoms with van der Waals surface area (Å²) in [6.45, 7) is 2.20. The van der Waals surface area contributed by atoms with Crippen LogP contribution in [0.3, 0.4) is 0 Å². The first-order chi connectivity index (χ1) is 8.04. The van der Waals surface area contributed by atoms with Gasteiger partial charge in [0.05, 0.1) is 10.6 Å². The van der Waals surface area contributed by atoms with Gasteiger partial charge < -0.3 is 10.6 Å². The number of halogens is 1. The molecule has 0 radical (unpaired) electrons. The summed E-state index contributed by atoms with van der Waals surface area (Å²) in [5.41, 5.74) is 1.42. The second-order valence-corrected chi connectivity index (χ2v) is 4.07. The first kappa shape index (κ1) is 13.5. The molecule has 5 heteroatoms. The Hall–Kier alpha value is -1.55. The molecule has 0 saturated heterocycles. The number of amides is 2. The highest BCUT2D eigenvalue weighted by atomic mass is 35.5. The van der Waals surface area contributed by atoms with Crippen molar-refractivity contribution < 1.29 is 9.59 Å². The number of hydrogen-bond acceptors (Lipinski definition) is 2. The standard InChI is InChI=1S/C12H15ClN2O2/c1-8-3-4-9(10(13)7-8)12(17)15-6-5-11(16)14-2/h3-4,7H,5-6H2,1-2H3,(H,14,16)(H,15,17). The Morgan fingerprint density at radius 1 is 1.35 bits per heavy atom. The molecule has 17 heavy (non-hydrogen) atoms. The van der Waals surface area contributed by atoms with Crippen molar-refractivity contribution in [2.45, 2.75) is 13.3 Å². The number of benzene rings is 1. The van der Waals surface area contributed by atoms with Crippen molar-refractivity contribution in [2.75, 3.05) is 13.6 Å². The minimum atomic E-state index is -0.265. The lowest BCUT2D eigenvalue weighted by atomic mass is 10.1. The highest BCUT2D eigenvalue weighted by Gasteiger charge is 2.10. The van der Waals surface area contributed by atoms with Crippen molar-refractivity contribution >= 4 is 23.4 Å². The fourth-order valence-electron chi connectivity index (χ4n) is 1.31. The number of carbonyl (C=O) groups is 2. The summed E-state index contributed by atoms with van der Waals surface area (Å²) in [7, 11) is 1.56. The zero-order valence-corrected chi connectivity index (χ0v) is 10.6. The molecule has 0 saturated carbocycles. The van der Waals surface area contributed by atoms with E-state index in [9.17, 15) is 9.59 Å². The number of aryl methyl sites for hydroxylation is 1. The van der Waals surface area contributed by atoms with Crippen LogP contribution in [-0.2, 0) is 4.79 Å². The van der Waals surface area contributed by atoms with Crippen LogP contribution in [0.1, 0.15) is 22.3 Å². The zero-order valence-electron chi connectivity index (χ0n) is 9.84. The topological polar surface area (TPSA) is 58.2 Å². The molecule has 4 nitrogen and oxygen atoms in total. The minimum Gasteiger partial charge on any atom is -0.359 e. The molecule has 1 aromatic rings. The Morgan fingerprint density at radius 3 is 2.65 bits per heavy atom. The Balaban J connectivity index is 2.55. The van der Waals surface area contributed by atoms with Crippen LogP contribution in [0.4, 0.5) is 0 Å². The minimum absolute atomic E-state index is 0.111. The third-order valence-corrected chi connectivity index (χ3v) is 2.60. The summed E-state index contributed by atoms with van der Waals surface area (Å²) in [4.78, 5) is 22.7. The Morgan fingerprint density at radius 2 is 2.06 bits per heavy atom. The molecular weight excluding hydrogens is 240 g/mol. The van der Waals surface area contributed by atoms with E-state index in [0.717, 1.165) is 5.56 Å². The molecule has 1 rings (SSSR count). The van der Waals surface area contributed by atoms with Gasteiger partial charge in [-0.3, -0.25) is 9.59 Å². The average Bonchev–Trinajstić information content (AvgIpc) is 2.28. The van der Waals surface area contributed by atoms with Gasteiger partial charge in [-0.05, 0) is 24.6 Å². The lowest BCUT2D eigenvalue weighted by Gasteiger charge is -2.06. The van der Waals surface area contributed by atoms with E-state index in [0.29, 0.717) is 17.1 Å². The first-order valence-corrected chi connectivity index (χ1v) is 5.67. The molecule has 2 amide bonds. The van der Waals surface area contributed by atoms with Crippen LogP contribution >= 0.6 is 11.6 Å². The molecule has 0 aliphatic carbocycles. The third-order valence-electron chi connectivity index (χ3n) is 2.29. The van der Waals surface area contributed by atoms with Crippen LogP contribution in [-0.4, -0.2) is 25.4 Å². The van der Waals surface area contributed by atoms with Crippen molar-refractivity contribution in [1.29, 1.82) is 0 Å². The fourth-order valence-corrected chi connectivity index (χ4v) is 1.63. The second kappa shape index (κ2) is 6.25. The third kappa shape index (κ3) is 4.07. The molecule has 0 fully saturated rings. The fraction of sp³-hybridized carbons (Fsp3) is 0.333. The lowest BCUT2D eigenvalue weighted by Crippen LogP contribution is -2.29. The van der Waals surface area contributed by atoms with E-state index < -0.39 is 0 Å². The molecule has 0 aliphatic rings. The Kier molecular flexibility index (Phi) is 4.97. The Bertz CT molecular complexity index is 433. The van der Waals surface area contributed by atoms with E-state index in [-0.39, 0.29) is 18.2 Å². The average molecular weight is 255 g/mol. The molecule has 92 valence electrons. The highest BCUT2D eigenvalue weighted by molar-refractivity contribution is 6.33. The van der Waals surface area contributed by atoms with Crippen molar-refractivity contribution in [3.8, 4) is 0 Å². The van der Waals surface area contributed by atoms with Crippen molar-refractivity contribution in [3.05, 3.63) is 34.3 Å². The highest BCUT2D eigenvalue weighted by Crippen LogP contribution is 2.17. The van der Waals surface area contributed by atoms with Crippen molar-refractivity contribution in [1.82, 2.24) is 10.6 Å². The molecule has 0 heterocycles. The maximum Gasteiger partial charge on any atom is 0.252 e. The maximum absolute atomic E-state index is 11.7. The molecule has 2 N–H and O–H groups in total. The van der Waals surface area contributed by atoms with Gasteiger partial charge in [0.2, 0.25) is 5.91 Å². The van der Waals surface area contributed by atoms with Gasteiger partial charge in [-0.15, -0.1) is 0 Å². The van der Waals surface area contributed by atoms with E-state index in [1.807, 2.05) is 13.0 Å². The van der Waals surface area contributed by atoms with Crippen LogP contribution in [0.2, 0.25) is 5.02 Å². The van der Waals surface area contributed by atoms with Crippen LogP contribution in [0.5, 0.6) is 0 Å². The summed E-state index contributed by atoms with van der Waals surface area (Å²) in [5, 5.41) is 5.54. The smallest absolute Gasteiger partial charge is 0.252 e. The molecule has 0 aromatic heterocycles. The van der Waals surface area contributed by atoms with Gasteiger partial charge in [0.25, 0.3) is 5.91 Å². The lowest BCUT2D eigenvalue weighted by molar-refractivity contribution is -0.120. The molecule has 1 aromatic carbocycles. The number of nitrogens with one attached hydrogen (secondary N) is 2. The monoisotopic (exact) mass is 254 g/mol. The molecule has 0 atom stereocenters. The summed E-state index contributed by atoms with van der Waals surface area (Å²) in [6.07, 6.45) is 0.256. The molecule has 0 unspecified atom stereocenters.